The molecule has 0 spiro atoms. The second-order valence-corrected chi connectivity index (χ2v) is 4.58. The zero-order valence-corrected chi connectivity index (χ0v) is 10.3. The summed E-state index contributed by atoms with van der Waals surface area (Å²) in [5.41, 5.74) is 2.76. The zero-order chi connectivity index (χ0) is 11.5. The minimum absolute atomic E-state index is 0.550. The van der Waals surface area contributed by atoms with E-state index in [1.54, 1.807) is 11.3 Å². The number of aromatic nitrogens is 4. The first-order valence-corrected chi connectivity index (χ1v) is 5.86. The Labute approximate surface area is 98.0 Å². The summed E-state index contributed by atoms with van der Waals surface area (Å²) in [6.45, 7) is 6.43. The molecule has 2 aromatic heterocycles. The Morgan fingerprint density at radius 2 is 1.94 bits per heavy atom. The van der Waals surface area contributed by atoms with E-state index in [9.17, 15) is 0 Å². The van der Waals surface area contributed by atoms with E-state index >= 15 is 0 Å². The van der Waals surface area contributed by atoms with Crippen LogP contribution in [0.15, 0.2) is 5.38 Å². The van der Waals surface area contributed by atoms with E-state index in [1.807, 2.05) is 26.2 Å². The summed E-state index contributed by atoms with van der Waals surface area (Å²) in [7, 11) is 0. The van der Waals surface area contributed by atoms with Gasteiger partial charge in [0, 0.05) is 5.38 Å². The van der Waals surface area contributed by atoms with Gasteiger partial charge in [0.1, 0.15) is 0 Å². The minimum atomic E-state index is 0.550. The van der Waals surface area contributed by atoms with E-state index in [2.05, 4.69) is 25.5 Å². The Bertz CT molecular complexity index is 494. The molecule has 0 aliphatic rings. The SMILES string of the molecule is Cc1nc(CNc2nnc(C)c(C)n2)cs1. The summed E-state index contributed by atoms with van der Waals surface area (Å²) in [5, 5.41) is 14.2. The van der Waals surface area contributed by atoms with Crippen molar-refractivity contribution in [1.82, 2.24) is 20.2 Å². The molecular weight excluding hydrogens is 222 g/mol. The summed E-state index contributed by atoms with van der Waals surface area (Å²) < 4.78 is 0. The molecule has 0 unspecified atom stereocenters. The molecule has 84 valence electrons. The van der Waals surface area contributed by atoms with Gasteiger partial charge in [-0.2, -0.15) is 5.10 Å². The Morgan fingerprint density at radius 3 is 2.56 bits per heavy atom. The molecule has 0 aromatic carbocycles. The van der Waals surface area contributed by atoms with Crippen LogP contribution < -0.4 is 5.32 Å². The molecular formula is C10H13N5S. The van der Waals surface area contributed by atoms with Crippen molar-refractivity contribution in [3.63, 3.8) is 0 Å². The van der Waals surface area contributed by atoms with Gasteiger partial charge in [0.25, 0.3) is 0 Å². The molecule has 0 saturated carbocycles. The zero-order valence-electron chi connectivity index (χ0n) is 9.48. The average molecular weight is 235 g/mol. The molecule has 0 fully saturated rings. The molecule has 0 saturated heterocycles. The van der Waals surface area contributed by atoms with E-state index in [0.29, 0.717) is 12.5 Å². The van der Waals surface area contributed by atoms with Crippen LogP contribution in [-0.2, 0) is 6.54 Å². The van der Waals surface area contributed by atoms with Gasteiger partial charge >= 0.3 is 0 Å². The lowest BCUT2D eigenvalue weighted by molar-refractivity contribution is 0.880. The first-order chi connectivity index (χ1) is 7.65. The highest BCUT2D eigenvalue weighted by molar-refractivity contribution is 7.09. The second-order valence-electron chi connectivity index (χ2n) is 3.52. The largest absolute Gasteiger partial charge is 0.347 e. The number of nitrogens with zero attached hydrogens (tertiary/aromatic N) is 4. The lowest BCUT2D eigenvalue weighted by Gasteiger charge is -2.03. The highest BCUT2D eigenvalue weighted by atomic mass is 32.1. The van der Waals surface area contributed by atoms with Crippen molar-refractivity contribution in [2.24, 2.45) is 0 Å². The van der Waals surface area contributed by atoms with Gasteiger partial charge in [0.05, 0.1) is 28.6 Å². The summed E-state index contributed by atoms with van der Waals surface area (Å²) >= 11 is 1.64. The van der Waals surface area contributed by atoms with Crippen molar-refractivity contribution in [2.45, 2.75) is 27.3 Å². The van der Waals surface area contributed by atoms with Gasteiger partial charge in [-0.05, 0) is 20.8 Å². The van der Waals surface area contributed by atoms with E-state index in [0.717, 1.165) is 22.1 Å². The second kappa shape index (κ2) is 4.52. The van der Waals surface area contributed by atoms with Crippen LogP contribution in [0.2, 0.25) is 0 Å². The summed E-state index contributed by atoms with van der Waals surface area (Å²) in [6.07, 6.45) is 0. The Kier molecular flexibility index (Phi) is 3.09. The normalized spacial score (nSPS) is 10.4. The predicted octanol–water partition coefficient (Wildman–Crippen LogP) is 1.87. The highest BCUT2D eigenvalue weighted by Crippen LogP contribution is 2.09. The maximum absolute atomic E-state index is 4.35. The van der Waals surface area contributed by atoms with Crippen molar-refractivity contribution in [2.75, 3.05) is 5.32 Å². The van der Waals surface area contributed by atoms with Crippen LogP contribution >= 0.6 is 11.3 Å². The number of anilines is 1. The van der Waals surface area contributed by atoms with Gasteiger partial charge in [-0.25, -0.2) is 9.97 Å². The topological polar surface area (TPSA) is 63.6 Å². The average Bonchev–Trinajstić information content (AvgIpc) is 2.66. The maximum atomic E-state index is 4.35. The summed E-state index contributed by atoms with van der Waals surface area (Å²) in [6, 6.07) is 0. The van der Waals surface area contributed by atoms with Crippen LogP contribution in [0, 0.1) is 20.8 Å². The predicted molar refractivity (Wildman–Crippen MR) is 63.5 cm³/mol. The third kappa shape index (κ3) is 2.52. The van der Waals surface area contributed by atoms with E-state index in [-0.39, 0.29) is 0 Å². The van der Waals surface area contributed by atoms with Gasteiger partial charge in [-0.15, -0.1) is 16.4 Å². The van der Waals surface area contributed by atoms with Gasteiger partial charge in [0.2, 0.25) is 5.95 Å². The molecule has 6 heteroatoms. The van der Waals surface area contributed by atoms with E-state index in [4.69, 9.17) is 0 Å². The number of hydrogen-bond acceptors (Lipinski definition) is 6. The molecule has 0 amide bonds. The monoisotopic (exact) mass is 235 g/mol. The number of nitrogens with one attached hydrogen (secondary N) is 1. The highest BCUT2D eigenvalue weighted by Gasteiger charge is 2.02. The molecule has 0 aliphatic carbocycles. The summed E-state index contributed by atoms with van der Waals surface area (Å²) in [5.74, 6) is 0.550. The standard InChI is InChI=1S/C10H13N5S/c1-6-7(2)14-15-10(12-6)11-4-9-5-16-8(3)13-9/h5H,4H2,1-3H3,(H,11,12,15). The molecule has 16 heavy (non-hydrogen) atoms. The van der Waals surface area contributed by atoms with Crippen LogP contribution in [-0.4, -0.2) is 20.2 Å². The molecule has 0 bridgehead atoms. The molecule has 2 heterocycles. The van der Waals surface area contributed by atoms with Crippen molar-refractivity contribution in [3.8, 4) is 0 Å². The molecule has 2 aromatic rings. The van der Waals surface area contributed by atoms with Gasteiger partial charge in [-0.1, -0.05) is 0 Å². The van der Waals surface area contributed by atoms with Crippen molar-refractivity contribution >= 4 is 17.3 Å². The lowest BCUT2D eigenvalue weighted by Crippen LogP contribution is -2.07. The van der Waals surface area contributed by atoms with Crippen LogP contribution in [0.5, 0.6) is 0 Å². The van der Waals surface area contributed by atoms with Crippen molar-refractivity contribution < 1.29 is 0 Å². The number of hydrogen-bond donors (Lipinski definition) is 1. The molecule has 2 rings (SSSR count). The summed E-state index contributed by atoms with van der Waals surface area (Å²) in [4.78, 5) is 8.63. The van der Waals surface area contributed by atoms with Crippen LogP contribution in [0.25, 0.3) is 0 Å². The van der Waals surface area contributed by atoms with Crippen molar-refractivity contribution in [3.05, 3.63) is 27.5 Å². The first-order valence-electron chi connectivity index (χ1n) is 4.98. The fourth-order valence-corrected chi connectivity index (χ4v) is 1.80. The lowest BCUT2D eigenvalue weighted by atomic mass is 10.4. The number of rotatable bonds is 3. The van der Waals surface area contributed by atoms with Crippen molar-refractivity contribution in [1.29, 1.82) is 0 Å². The molecule has 0 atom stereocenters. The third-order valence-corrected chi connectivity index (χ3v) is 3.01. The fraction of sp³-hybridized carbons (Fsp3) is 0.400. The maximum Gasteiger partial charge on any atom is 0.243 e. The van der Waals surface area contributed by atoms with Crippen LogP contribution in [0.3, 0.4) is 0 Å². The van der Waals surface area contributed by atoms with E-state index < -0.39 is 0 Å². The van der Waals surface area contributed by atoms with Crippen LogP contribution in [0.1, 0.15) is 22.1 Å². The Balaban J connectivity index is 2.02. The Hall–Kier alpha value is -1.56. The smallest absolute Gasteiger partial charge is 0.243 e. The van der Waals surface area contributed by atoms with Crippen LogP contribution in [0.4, 0.5) is 5.95 Å². The molecule has 0 aliphatic heterocycles. The number of thiazole rings is 1. The van der Waals surface area contributed by atoms with Gasteiger partial charge < -0.3 is 5.32 Å². The van der Waals surface area contributed by atoms with Gasteiger partial charge in [-0.3, -0.25) is 0 Å². The quantitative estimate of drug-likeness (QED) is 0.879. The molecule has 1 N–H and O–H groups in total. The Morgan fingerprint density at radius 1 is 1.12 bits per heavy atom. The molecule has 5 nitrogen and oxygen atoms in total. The third-order valence-electron chi connectivity index (χ3n) is 2.19. The molecule has 0 radical (unpaired) electrons. The van der Waals surface area contributed by atoms with Gasteiger partial charge in [0.15, 0.2) is 0 Å². The minimum Gasteiger partial charge on any atom is -0.347 e. The first kappa shape index (κ1) is 10.9. The number of aryl methyl sites for hydroxylation is 3. The fourth-order valence-electron chi connectivity index (χ4n) is 1.19. The van der Waals surface area contributed by atoms with E-state index in [1.165, 1.54) is 0 Å².